The van der Waals surface area contributed by atoms with Crippen molar-refractivity contribution in [3.05, 3.63) is 35.9 Å². The van der Waals surface area contributed by atoms with Crippen molar-refractivity contribution in [3.8, 4) is 0 Å². The molecule has 2 heteroatoms. The summed E-state index contributed by atoms with van der Waals surface area (Å²) < 4.78 is 6.03. The summed E-state index contributed by atoms with van der Waals surface area (Å²) in [5.74, 6) is 0. The normalized spacial score (nSPS) is 30.2. The van der Waals surface area contributed by atoms with E-state index in [9.17, 15) is 0 Å². The molecular formula is C14H21NO. The molecule has 1 aliphatic heterocycles. The average molecular weight is 219 g/mol. The number of benzene rings is 1. The maximum absolute atomic E-state index is 6.03. The minimum atomic E-state index is -0.155. The molecule has 0 radical (unpaired) electrons. The topological polar surface area (TPSA) is 12.5 Å². The lowest BCUT2D eigenvalue weighted by atomic mass is 9.81. The number of hydrogen-bond acceptors (Lipinski definition) is 2. The van der Waals surface area contributed by atoms with Crippen LogP contribution in [0.2, 0.25) is 0 Å². The maximum atomic E-state index is 6.03. The first kappa shape index (κ1) is 11.6. The van der Waals surface area contributed by atoms with Crippen molar-refractivity contribution in [2.45, 2.75) is 38.3 Å². The number of rotatable bonds is 1. The highest BCUT2D eigenvalue weighted by molar-refractivity contribution is 5.23. The van der Waals surface area contributed by atoms with Gasteiger partial charge in [-0.25, -0.2) is 0 Å². The van der Waals surface area contributed by atoms with Gasteiger partial charge >= 0.3 is 0 Å². The van der Waals surface area contributed by atoms with E-state index in [0.29, 0.717) is 6.73 Å². The van der Waals surface area contributed by atoms with Crippen LogP contribution in [0.4, 0.5) is 0 Å². The lowest BCUT2D eigenvalue weighted by Gasteiger charge is -2.48. The molecule has 2 nitrogen and oxygen atoms in total. The van der Waals surface area contributed by atoms with Crippen molar-refractivity contribution >= 4 is 0 Å². The predicted molar refractivity (Wildman–Crippen MR) is 66.2 cm³/mol. The van der Waals surface area contributed by atoms with Crippen LogP contribution in [0, 0.1) is 0 Å². The maximum Gasteiger partial charge on any atom is 0.100 e. The standard InChI is InChI=1S/C14H21NO/c1-13(2)10-14(3,16-11-15(13)4)12-8-6-5-7-9-12/h5-9H,10-11H2,1-4H3/t14-/m1/s1. The summed E-state index contributed by atoms with van der Waals surface area (Å²) in [6.07, 6.45) is 1.01. The molecular weight excluding hydrogens is 198 g/mol. The highest BCUT2D eigenvalue weighted by Gasteiger charge is 2.41. The van der Waals surface area contributed by atoms with E-state index in [2.05, 4.69) is 57.0 Å². The number of ether oxygens (including phenoxy) is 1. The molecule has 0 saturated carbocycles. The van der Waals surface area contributed by atoms with Crippen LogP contribution >= 0.6 is 0 Å². The molecule has 0 bridgehead atoms. The Morgan fingerprint density at radius 2 is 1.75 bits per heavy atom. The summed E-state index contributed by atoms with van der Waals surface area (Å²) in [6, 6.07) is 10.5. The minimum Gasteiger partial charge on any atom is -0.355 e. The van der Waals surface area contributed by atoms with Crippen LogP contribution in [-0.4, -0.2) is 24.2 Å². The minimum absolute atomic E-state index is 0.155. The van der Waals surface area contributed by atoms with E-state index in [4.69, 9.17) is 4.74 Å². The Labute approximate surface area is 98.2 Å². The van der Waals surface area contributed by atoms with E-state index < -0.39 is 0 Å². The van der Waals surface area contributed by atoms with E-state index in [1.165, 1.54) is 5.56 Å². The van der Waals surface area contributed by atoms with Crippen LogP contribution in [0.15, 0.2) is 30.3 Å². The van der Waals surface area contributed by atoms with Gasteiger partial charge in [0.15, 0.2) is 0 Å². The Morgan fingerprint density at radius 3 is 2.31 bits per heavy atom. The lowest BCUT2D eigenvalue weighted by Crippen LogP contribution is -2.53. The fraction of sp³-hybridized carbons (Fsp3) is 0.571. The zero-order valence-corrected chi connectivity index (χ0v) is 10.7. The summed E-state index contributed by atoms with van der Waals surface area (Å²) in [4.78, 5) is 2.26. The fourth-order valence-electron chi connectivity index (χ4n) is 2.40. The number of hydrogen-bond donors (Lipinski definition) is 0. The molecule has 0 unspecified atom stereocenters. The van der Waals surface area contributed by atoms with Crippen LogP contribution in [0.1, 0.15) is 32.8 Å². The third-order valence-corrected chi connectivity index (χ3v) is 3.76. The Morgan fingerprint density at radius 1 is 1.12 bits per heavy atom. The second-order valence-corrected chi connectivity index (χ2v) is 5.56. The molecule has 1 fully saturated rings. The number of nitrogens with zero attached hydrogens (tertiary/aromatic N) is 1. The fourth-order valence-corrected chi connectivity index (χ4v) is 2.40. The van der Waals surface area contributed by atoms with Gasteiger partial charge in [0, 0.05) is 5.54 Å². The molecule has 0 amide bonds. The molecule has 1 aromatic carbocycles. The van der Waals surface area contributed by atoms with Crippen molar-refractivity contribution in [1.82, 2.24) is 4.90 Å². The molecule has 0 aliphatic carbocycles. The summed E-state index contributed by atoms with van der Waals surface area (Å²) in [7, 11) is 2.12. The Hall–Kier alpha value is -0.860. The van der Waals surface area contributed by atoms with Gasteiger partial charge in [0.25, 0.3) is 0 Å². The van der Waals surface area contributed by atoms with Gasteiger partial charge < -0.3 is 4.74 Å². The van der Waals surface area contributed by atoms with Crippen molar-refractivity contribution in [1.29, 1.82) is 0 Å². The smallest absolute Gasteiger partial charge is 0.100 e. The zero-order chi connectivity index (χ0) is 11.8. The average Bonchev–Trinajstić information content (AvgIpc) is 2.25. The Kier molecular flexibility index (Phi) is 2.81. The van der Waals surface area contributed by atoms with Gasteiger partial charge in [0.05, 0.1) is 5.60 Å². The van der Waals surface area contributed by atoms with Crippen molar-refractivity contribution < 1.29 is 4.74 Å². The first-order valence-corrected chi connectivity index (χ1v) is 5.85. The van der Waals surface area contributed by atoms with E-state index in [1.54, 1.807) is 0 Å². The highest BCUT2D eigenvalue weighted by Crippen LogP contribution is 2.39. The molecule has 16 heavy (non-hydrogen) atoms. The summed E-state index contributed by atoms with van der Waals surface area (Å²) in [5, 5.41) is 0. The zero-order valence-electron chi connectivity index (χ0n) is 10.7. The van der Waals surface area contributed by atoms with Gasteiger partial charge in [-0.3, -0.25) is 4.90 Å². The SMILES string of the molecule is CN1CO[C@@](C)(c2ccccc2)CC1(C)C. The molecule has 1 saturated heterocycles. The molecule has 88 valence electrons. The quantitative estimate of drug-likeness (QED) is 0.720. The van der Waals surface area contributed by atoms with Crippen LogP contribution in [0.3, 0.4) is 0 Å². The van der Waals surface area contributed by atoms with E-state index in [-0.39, 0.29) is 11.1 Å². The van der Waals surface area contributed by atoms with Crippen LogP contribution in [0.25, 0.3) is 0 Å². The molecule has 0 spiro atoms. The molecule has 1 heterocycles. The molecule has 1 aliphatic rings. The lowest BCUT2D eigenvalue weighted by molar-refractivity contribution is -0.172. The molecule has 0 aromatic heterocycles. The molecule has 2 rings (SSSR count). The third-order valence-electron chi connectivity index (χ3n) is 3.76. The van der Waals surface area contributed by atoms with Gasteiger partial charge in [0.1, 0.15) is 6.73 Å². The Bertz CT molecular complexity index is 360. The van der Waals surface area contributed by atoms with Gasteiger partial charge in [-0.05, 0) is 39.8 Å². The molecule has 1 aromatic rings. The molecule has 1 atom stereocenters. The van der Waals surface area contributed by atoms with Crippen molar-refractivity contribution in [2.24, 2.45) is 0 Å². The summed E-state index contributed by atoms with van der Waals surface area (Å²) >= 11 is 0. The molecule has 0 N–H and O–H groups in total. The van der Waals surface area contributed by atoms with E-state index in [1.807, 2.05) is 6.07 Å². The van der Waals surface area contributed by atoms with Crippen molar-refractivity contribution in [3.63, 3.8) is 0 Å². The first-order chi connectivity index (χ1) is 7.44. The monoisotopic (exact) mass is 219 g/mol. The highest BCUT2D eigenvalue weighted by atomic mass is 16.5. The Balaban J connectivity index is 2.28. The second-order valence-electron chi connectivity index (χ2n) is 5.56. The predicted octanol–water partition coefficient (Wildman–Crippen LogP) is 2.99. The summed E-state index contributed by atoms with van der Waals surface area (Å²) in [5.41, 5.74) is 1.30. The van der Waals surface area contributed by atoms with Gasteiger partial charge in [-0.1, -0.05) is 30.3 Å². The third kappa shape index (κ3) is 2.00. The largest absolute Gasteiger partial charge is 0.355 e. The van der Waals surface area contributed by atoms with Crippen molar-refractivity contribution in [2.75, 3.05) is 13.8 Å². The second kappa shape index (κ2) is 3.86. The van der Waals surface area contributed by atoms with Gasteiger partial charge in [0.2, 0.25) is 0 Å². The summed E-state index contributed by atoms with van der Waals surface area (Å²) in [6.45, 7) is 7.43. The van der Waals surface area contributed by atoms with Crippen LogP contribution in [-0.2, 0) is 10.3 Å². The first-order valence-electron chi connectivity index (χ1n) is 5.85. The van der Waals surface area contributed by atoms with Gasteiger partial charge in [-0.15, -0.1) is 0 Å². The van der Waals surface area contributed by atoms with Crippen LogP contribution in [0.5, 0.6) is 0 Å². The van der Waals surface area contributed by atoms with E-state index in [0.717, 1.165) is 6.42 Å². The van der Waals surface area contributed by atoms with Crippen LogP contribution < -0.4 is 0 Å². The van der Waals surface area contributed by atoms with Gasteiger partial charge in [-0.2, -0.15) is 0 Å². The van der Waals surface area contributed by atoms with E-state index >= 15 is 0 Å².